The summed E-state index contributed by atoms with van der Waals surface area (Å²) in [6.07, 6.45) is 10.1. The van der Waals surface area contributed by atoms with Crippen molar-refractivity contribution >= 4 is 22.8 Å². The Labute approximate surface area is 151 Å². The first-order valence-electron chi connectivity index (χ1n) is 9.33. The van der Waals surface area contributed by atoms with Crippen LogP contribution in [0.15, 0.2) is 41.3 Å². The molecule has 2 fully saturated rings. The van der Waals surface area contributed by atoms with E-state index >= 15 is 0 Å². The van der Waals surface area contributed by atoms with Crippen LogP contribution in [-0.4, -0.2) is 39.9 Å². The maximum absolute atomic E-state index is 12.2. The number of aromatic nitrogens is 2. The van der Waals surface area contributed by atoms with E-state index in [1.165, 1.54) is 56.9 Å². The highest BCUT2D eigenvalue weighted by Crippen LogP contribution is 2.38. The van der Waals surface area contributed by atoms with E-state index in [9.17, 15) is 4.79 Å². The number of nitrogens with zero attached hydrogens (tertiary/aromatic N) is 2. The fourth-order valence-electron chi connectivity index (χ4n) is 4.49. The van der Waals surface area contributed by atoms with Gasteiger partial charge < -0.3 is 19.6 Å². The van der Waals surface area contributed by atoms with E-state index in [4.69, 9.17) is 9.40 Å². The van der Waals surface area contributed by atoms with Crippen molar-refractivity contribution in [3.63, 3.8) is 0 Å². The van der Waals surface area contributed by atoms with E-state index in [1.807, 2.05) is 12.1 Å². The summed E-state index contributed by atoms with van der Waals surface area (Å²) in [6, 6.07) is 6.19. The number of fused-ring (bicyclic) bond motifs is 2. The second-order valence-corrected chi connectivity index (χ2v) is 7.36. The third kappa shape index (κ3) is 2.70. The lowest BCUT2D eigenvalue weighted by molar-refractivity contribution is 0.102. The van der Waals surface area contributed by atoms with Crippen molar-refractivity contribution in [2.45, 2.75) is 37.6 Å². The van der Waals surface area contributed by atoms with Gasteiger partial charge in [0.05, 0.1) is 22.9 Å². The lowest BCUT2D eigenvalue weighted by Gasteiger charge is -2.34. The minimum Gasteiger partial charge on any atom is -0.472 e. The van der Waals surface area contributed by atoms with Gasteiger partial charge in [-0.25, -0.2) is 4.98 Å². The van der Waals surface area contributed by atoms with Gasteiger partial charge >= 0.3 is 0 Å². The maximum Gasteiger partial charge on any atom is 0.260 e. The second-order valence-electron chi connectivity index (χ2n) is 7.36. The molecule has 3 aromatic heterocycles. The average molecular weight is 350 g/mol. The summed E-state index contributed by atoms with van der Waals surface area (Å²) >= 11 is 0. The van der Waals surface area contributed by atoms with E-state index in [0.717, 1.165) is 17.1 Å². The molecule has 2 aliphatic heterocycles. The molecule has 2 aliphatic rings. The van der Waals surface area contributed by atoms with Gasteiger partial charge in [-0.1, -0.05) is 0 Å². The van der Waals surface area contributed by atoms with Gasteiger partial charge in [0.1, 0.15) is 12.1 Å². The van der Waals surface area contributed by atoms with Gasteiger partial charge in [0.15, 0.2) is 0 Å². The highest BCUT2D eigenvalue weighted by molar-refractivity contribution is 6.03. The van der Waals surface area contributed by atoms with Crippen LogP contribution in [0.3, 0.4) is 0 Å². The van der Waals surface area contributed by atoms with Crippen LogP contribution >= 0.6 is 0 Å². The topological polar surface area (TPSA) is 74.2 Å². The molecule has 0 aromatic carbocycles. The normalized spacial score (nSPS) is 23.2. The Kier molecular flexibility index (Phi) is 3.78. The second kappa shape index (κ2) is 6.29. The number of H-pyrrole nitrogens is 1. The Hall–Kier alpha value is -2.60. The molecular weight excluding hydrogens is 328 g/mol. The molecule has 5 heterocycles. The first kappa shape index (κ1) is 15.6. The number of carbonyl (C=O) groups excluding carboxylic acids is 1. The molecule has 0 aliphatic carbocycles. The number of rotatable bonds is 3. The molecule has 5 rings (SSSR count). The summed E-state index contributed by atoms with van der Waals surface area (Å²) in [5, 5.41) is 2.86. The number of anilines is 1. The molecule has 0 saturated carbocycles. The monoisotopic (exact) mass is 350 g/mol. The highest BCUT2D eigenvalue weighted by Gasteiger charge is 2.33. The van der Waals surface area contributed by atoms with Crippen LogP contribution in [0, 0.1) is 0 Å². The first-order valence-corrected chi connectivity index (χ1v) is 9.33. The van der Waals surface area contributed by atoms with Gasteiger partial charge in [0, 0.05) is 12.2 Å². The molecule has 0 bridgehead atoms. The predicted octanol–water partition coefficient (Wildman–Crippen LogP) is 3.75. The molecule has 2 unspecified atom stereocenters. The predicted molar refractivity (Wildman–Crippen MR) is 99.3 cm³/mol. The number of hydrogen-bond donors (Lipinski definition) is 2. The molecular formula is C20H22N4O2. The summed E-state index contributed by atoms with van der Waals surface area (Å²) in [5.41, 5.74) is 3.78. The average Bonchev–Trinajstić information content (AvgIpc) is 3.40. The molecule has 1 amide bonds. The molecule has 26 heavy (non-hydrogen) atoms. The molecule has 6 heteroatoms. The largest absolute Gasteiger partial charge is 0.472 e. The van der Waals surface area contributed by atoms with Crippen molar-refractivity contribution in [2.75, 3.05) is 18.4 Å². The van der Waals surface area contributed by atoms with Crippen LogP contribution in [0.5, 0.6) is 0 Å². The molecule has 134 valence electrons. The van der Waals surface area contributed by atoms with Crippen molar-refractivity contribution in [1.82, 2.24) is 14.9 Å². The van der Waals surface area contributed by atoms with Crippen molar-refractivity contribution in [3.05, 3.63) is 48.0 Å². The van der Waals surface area contributed by atoms with E-state index in [1.54, 1.807) is 6.07 Å². The SMILES string of the molecule is O=C(Nc1ccc2[nH]cc(C3CCN4CCCC4C3)c2n1)c1ccoc1. The van der Waals surface area contributed by atoms with Crippen LogP contribution < -0.4 is 5.32 Å². The Morgan fingerprint density at radius 2 is 2.23 bits per heavy atom. The minimum absolute atomic E-state index is 0.207. The van der Waals surface area contributed by atoms with Crippen LogP contribution in [0.25, 0.3) is 11.0 Å². The first-order chi connectivity index (χ1) is 12.8. The zero-order valence-corrected chi connectivity index (χ0v) is 14.6. The fourth-order valence-corrected chi connectivity index (χ4v) is 4.49. The lowest BCUT2D eigenvalue weighted by Crippen LogP contribution is -2.37. The molecule has 6 nitrogen and oxygen atoms in total. The van der Waals surface area contributed by atoms with Gasteiger partial charge in [0.2, 0.25) is 0 Å². The zero-order chi connectivity index (χ0) is 17.5. The van der Waals surface area contributed by atoms with Crippen LogP contribution in [0.2, 0.25) is 0 Å². The van der Waals surface area contributed by atoms with E-state index in [2.05, 4.69) is 21.4 Å². The van der Waals surface area contributed by atoms with Crippen molar-refractivity contribution in [3.8, 4) is 0 Å². The third-order valence-corrected chi connectivity index (χ3v) is 5.84. The summed E-state index contributed by atoms with van der Waals surface area (Å²) in [7, 11) is 0. The van der Waals surface area contributed by atoms with Gasteiger partial charge in [-0.05, 0) is 68.5 Å². The number of amides is 1. The van der Waals surface area contributed by atoms with Crippen LogP contribution in [0.1, 0.15) is 47.5 Å². The maximum atomic E-state index is 12.2. The molecule has 2 N–H and O–H groups in total. The number of piperidine rings is 1. The zero-order valence-electron chi connectivity index (χ0n) is 14.6. The van der Waals surface area contributed by atoms with Gasteiger partial charge in [-0.3, -0.25) is 4.79 Å². The minimum atomic E-state index is -0.207. The van der Waals surface area contributed by atoms with E-state index in [0.29, 0.717) is 17.3 Å². The molecule has 0 spiro atoms. The molecule has 2 atom stereocenters. The van der Waals surface area contributed by atoms with Crippen LogP contribution in [0.4, 0.5) is 5.82 Å². The third-order valence-electron chi connectivity index (χ3n) is 5.84. The van der Waals surface area contributed by atoms with Crippen molar-refractivity contribution < 1.29 is 9.21 Å². The Bertz CT molecular complexity index is 931. The van der Waals surface area contributed by atoms with Gasteiger partial charge in [-0.15, -0.1) is 0 Å². The molecule has 3 aromatic rings. The number of nitrogens with one attached hydrogen (secondary N) is 2. The molecule has 2 saturated heterocycles. The van der Waals surface area contributed by atoms with Crippen molar-refractivity contribution in [1.29, 1.82) is 0 Å². The number of aromatic amines is 1. The standard InChI is InChI=1S/C20H22N4O2/c25-20(14-6-9-26-12-14)23-18-4-3-17-19(22-18)16(11-21-17)13-5-8-24-7-1-2-15(24)10-13/h3-4,6,9,11-13,15,21H,1-2,5,7-8,10H2,(H,22,23,25). The van der Waals surface area contributed by atoms with Gasteiger partial charge in [-0.2, -0.15) is 0 Å². The van der Waals surface area contributed by atoms with Gasteiger partial charge in [0.25, 0.3) is 5.91 Å². The number of carbonyl (C=O) groups is 1. The smallest absolute Gasteiger partial charge is 0.260 e. The molecule has 0 radical (unpaired) electrons. The Morgan fingerprint density at radius 3 is 3.12 bits per heavy atom. The quantitative estimate of drug-likeness (QED) is 0.754. The Balaban J connectivity index is 1.41. The summed E-state index contributed by atoms with van der Waals surface area (Å²) in [6.45, 7) is 2.44. The summed E-state index contributed by atoms with van der Waals surface area (Å²) in [4.78, 5) is 23.0. The summed E-state index contributed by atoms with van der Waals surface area (Å²) < 4.78 is 4.97. The van der Waals surface area contributed by atoms with Crippen molar-refractivity contribution in [2.24, 2.45) is 0 Å². The summed E-state index contributed by atoms with van der Waals surface area (Å²) in [5.74, 6) is 0.903. The highest BCUT2D eigenvalue weighted by atomic mass is 16.3. The Morgan fingerprint density at radius 1 is 1.27 bits per heavy atom. The number of pyridine rings is 1. The fraction of sp³-hybridized carbons (Fsp3) is 0.400. The number of furan rings is 1. The lowest BCUT2D eigenvalue weighted by atomic mass is 9.86. The van der Waals surface area contributed by atoms with Crippen LogP contribution in [-0.2, 0) is 0 Å². The van der Waals surface area contributed by atoms with E-state index in [-0.39, 0.29) is 5.91 Å². The number of hydrogen-bond acceptors (Lipinski definition) is 4. The van der Waals surface area contributed by atoms with E-state index < -0.39 is 0 Å².